The standard InChI is InChI=1S/C15H20N2OS/c1-4-18-14(10(2)3)15-17-13(9-19-15)11-5-7-12(16)8-6-11/h5-10,14H,4,16H2,1-3H3. The molecule has 102 valence electrons. The van der Waals surface area contributed by atoms with Crippen molar-refractivity contribution in [3.63, 3.8) is 0 Å². The summed E-state index contributed by atoms with van der Waals surface area (Å²) in [6.45, 7) is 7.04. The molecule has 0 fully saturated rings. The van der Waals surface area contributed by atoms with Gasteiger partial charge in [-0.3, -0.25) is 0 Å². The van der Waals surface area contributed by atoms with Crippen LogP contribution in [0.3, 0.4) is 0 Å². The average Bonchev–Trinajstić information content (AvgIpc) is 2.85. The van der Waals surface area contributed by atoms with Gasteiger partial charge in [0.05, 0.1) is 5.69 Å². The van der Waals surface area contributed by atoms with Crippen molar-refractivity contribution >= 4 is 17.0 Å². The number of nitrogens with zero attached hydrogens (tertiary/aromatic N) is 1. The van der Waals surface area contributed by atoms with Crippen LogP contribution in [0.5, 0.6) is 0 Å². The Morgan fingerprint density at radius 2 is 1.95 bits per heavy atom. The van der Waals surface area contributed by atoms with Crippen molar-refractivity contribution in [3.05, 3.63) is 34.7 Å². The summed E-state index contributed by atoms with van der Waals surface area (Å²) in [5.74, 6) is 0.422. The highest BCUT2D eigenvalue weighted by Crippen LogP contribution is 2.31. The van der Waals surface area contributed by atoms with Crippen molar-refractivity contribution in [2.75, 3.05) is 12.3 Å². The second-order valence-electron chi connectivity index (χ2n) is 4.81. The van der Waals surface area contributed by atoms with Crippen molar-refractivity contribution in [1.82, 2.24) is 4.98 Å². The number of anilines is 1. The fourth-order valence-electron chi connectivity index (χ4n) is 1.93. The second kappa shape index (κ2) is 6.17. The van der Waals surface area contributed by atoms with Crippen LogP contribution in [0.2, 0.25) is 0 Å². The van der Waals surface area contributed by atoms with E-state index in [4.69, 9.17) is 15.5 Å². The summed E-state index contributed by atoms with van der Waals surface area (Å²) < 4.78 is 5.79. The lowest BCUT2D eigenvalue weighted by molar-refractivity contribution is 0.0293. The van der Waals surface area contributed by atoms with E-state index in [-0.39, 0.29) is 6.10 Å². The summed E-state index contributed by atoms with van der Waals surface area (Å²) in [4.78, 5) is 4.70. The number of hydrogen-bond donors (Lipinski definition) is 1. The smallest absolute Gasteiger partial charge is 0.122 e. The van der Waals surface area contributed by atoms with Gasteiger partial charge < -0.3 is 10.5 Å². The zero-order chi connectivity index (χ0) is 13.8. The number of benzene rings is 1. The molecule has 0 aliphatic rings. The van der Waals surface area contributed by atoms with Crippen molar-refractivity contribution in [2.24, 2.45) is 5.92 Å². The molecular formula is C15H20N2OS. The fourth-order valence-corrected chi connectivity index (χ4v) is 2.98. The first kappa shape index (κ1) is 14.0. The molecule has 1 heterocycles. The summed E-state index contributed by atoms with van der Waals surface area (Å²) in [5, 5.41) is 3.12. The van der Waals surface area contributed by atoms with E-state index >= 15 is 0 Å². The van der Waals surface area contributed by atoms with Gasteiger partial charge in [0.1, 0.15) is 11.1 Å². The molecule has 0 aliphatic carbocycles. The highest BCUT2D eigenvalue weighted by molar-refractivity contribution is 7.10. The molecule has 19 heavy (non-hydrogen) atoms. The maximum Gasteiger partial charge on any atom is 0.122 e. The summed E-state index contributed by atoms with van der Waals surface area (Å²) >= 11 is 1.66. The third-order valence-corrected chi connectivity index (χ3v) is 3.83. The molecule has 0 radical (unpaired) electrons. The van der Waals surface area contributed by atoms with Crippen LogP contribution in [0.1, 0.15) is 31.9 Å². The maximum absolute atomic E-state index is 5.79. The lowest BCUT2D eigenvalue weighted by atomic mass is 10.1. The van der Waals surface area contributed by atoms with E-state index in [1.54, 1.807) is 11.3 Å². The van der Waals surface area contributed by atoms with Gasteiger partial charge in [0, 0.05) is 23.2 Å². The first-order valence-electron chi connectivity index (χ1n) is 6.54. The van der Waals surface area contributed by atoms with E-state index < -0.39 is 0 Å². The molecule has 1 atom stereocenters. The SMILES string of the molecule is CCOC(c1nc(-c2ccc(N)cc2)cs1)C(C)C. The summed E-state index contributed by atoms with van der Waals surface area (Å²) in [7, 11) is 0. The Hall–Kier alpha value is -1.39. The zero-order valence-electron chi connectivity index (χ0n) is 11.6. The van der Waals surface area contributed by atoms with Crippen LogP contribution in [0.25, 0.3) is 11.3 Å². The van der Waals surface area contributed by atoms with E-state index in [9.17, 15) is 0 Å². The molecule has 3 nitrogen and oxygen atoms in total. The minimum Gasteiger partial charge on any atom is -0.399 e. The highest BCUT2D eigenvalue weighted by Gasteiger charge is 2.19. The number of aromatic nitrogens is 1. The monoisotopic (exact) mass is 276 g/mol. The van der Waals surface area contributed by atoms with Crippen LogP contribution >= 0.6 is 11.3 Å². The van der Waals surface area contributed by atoms with Crippen LogP contribution in [0.4, 0.5) is 5.69 Å². The van der Waals surface area contributed by atoms with E-state index in [0.717, 1.165) is 22.0 Å². The average molecular weight is 276 g/mol. The minimum atomic E-state index is 0.0810. The van der Waals surface area contributed by atoms with E-state index in [2.05, 4.69) is 19.2 Å². The molecular weight excluding hydrogens is 256 g/mol. The van der Waals surface area contributed by atoms with Crippen molar-refractivity contribution < 1.29 is 4.74 Å². The van der Waals surface area contributed by atoms with Crippen molar-refractivity contribution in [2.45, 2.75) is 26.9 Å². The van der Waals surface area contributed by atoms with Gasteiger partial charge in [-0.25, -0.2) is 4.98 Å². The molecule has 0 spiro atoms. The number of hydrogen-bond acceptors (Lipinski definition) is 4. The highest BCUT2D eigenvalue weighted by atomic mass is 32.1. The Morgan fingerprint density at radius 1 is 1.26 bits per heavy atom. The van der Waals surface area contributed by atoms with Crippen molar-refractivity contribution in [1.29, 1.82) is 0 Å². The first-order valence-corrected chi connectivity index (χ1v) is 7.42. The van der Waals surface area contributed by atoms with Gasteiger partial charge in [0.15, 0.2) is 0 Å². The number of ether oxygens (including phenoxy) is 1. The van der Waals surface area contributed by atoms with Gasteiger partial charge >= 0.3 is 0 Å². The number of rotatable bonds is 5. The minimum absolute atomic E-state index is 0.0810. The summed E-state index contributed by atoms with van der Waals surface area (Å²) in [6, 6.07) is 7.80. The van der Waals surface area contributed by atoms with Gasteiger partial charge in [-0.1, -0.05) is 26.0 Å². The second-order valence-corrected chi connectivity index (χ2v) is 5.70. The Balaban J connectivity index is 2.24. The molecule has 2 N–H and O–H groups in total. The molecule has 0 aliphatic heterocycles. The van der Waals surface area contributed by atoms with Crippen molar-refractivity contribution in [3.8, 4) is 11.3 Å². The molecule has 2 aromatic rings. The number of nitrogen functional groups attached to an aromatic ring is 1. The Bertz CT molecular complexity index is 519. The molecule has 0 amide bonds. The van der Waals surface area contributed by atoms with Crippen LogP contribution in [0.15, 0.2) is 29.6 Å². The lowest BCUT2D eigenvalue weighted by Gasteiger charge is -2.18. The molecule has 2 rings (SSSR count). The molecule has 0 saturated heterocycles. The van der Waals surface area contributed by atoms with Crippen LogP contribution in [-0.4, -0.2) is 11.6 Å². The molecule has 1 unspecified atom stereocenters. The van der Waals surface area contributed by atoms with Crippen LogP contribution in [-0.2, 0) is 4.74 Å². The first-order chi connectivity index (χ1) is 9.11. The summed E-state index contributed by atoms with van der Waals surface area (Å²) in [5.41, 5.74) is 8.56. The van der Waals surface area contributed by atoms with E-state index in [1.165, 1.54) is 0 Å². The van der Waals surface area contributed by atoms with Gasteiger partial charge in [0.25, 0.3) is 0 Å². The fraction of sp³-hybridized carbons (Fsp3) is 0.400. The Kier molecular flexibility index (Phi) is 4.56. The third kappa shape index (κ3) is 3.33. The normalized spacial score (nSPS) is 12.8. The summed E-state index contributed by atoms with van der Waals surface area (Å²) in [6.07, 6.45) is 0.0810. The maximum atomic E-state index is 5.79. The Labute approximate surface area is 118 Å². The molecule has 0 bridgehead atoms. The predicted octanol–water partition coefficient (Wildman–Crippen LogP) is 4.13. The topological polar surface area (TPSA) is 48.1 Å². The molecule has 1 aromatic carbocycles. The van der Waals surface area contributed by atoms with Crippen LogP contribution in [0, 0.1) is 5.92 Å². The largest absolute Gasteiger partial charge is 0.399 e. The van der Waals surface area contributed by atoms with Crippen LogP contribution < -0.4 is 5.73 Å². The van der Waals surface area contributed by atoms with Gasteiger partial charge in [-0.15, -0.1) is 11.3 Å². The molecule has 1 aromatic heterocycles. The lowest BCUT2D eigenvalue weighted by Crippen LogP contribution is -2.10. The number of thiazole rings is 1. The van der Waals surface area contributed by atoms with E-state index in [1.807, 2.05) is 31.2 Å². The Morgan fingerprint density at radius 3 is 2.53 bits per heavy atom. The quantitative estimate of drug-likeness (QED) is 0.835. The third-order valence-electron chi connectivity index (χ3n) is 2.92. The molecule has 0 saturated carbocycles. The predicted molar refractivity (Wildman–Crippen MR) is 81.2 cm³/mol. The number of nitrogens with two attached hydrogens (primary N) is 1. The van der Waals surface area contributed by atoms with Gasteiger partial charge in [0.2, 0.25) is 0 Å². The van der Waals surface area contributed by atoms with Gasteiger partial charge in [-0.2, -0.15) is 0 Å². The molecule has 4 heteroatoms. The van der Waals surface area contributed by atoms with Gasteiger partial charge in [-0.05, 0) is 25.0 Å². The zero-order valence-corrected chi connectivity index (χ0v) is 12.4. The van der Waals surface area contributed by atoms with E-state index in [0.29, 0.717) is 12.5 Å².